The second-order valence-electron chi connectivity index (χ2n) is 6.16. The van der Waals surface area contributed by atoms with E-state index >= 15 is 0 Å². The Balaban J connectivity index is 1.45. The van der Waals surface area contributed by atoms with Crippen molar-refractivity contribution >= 4 is 16.1 Å². The number of benzene rings is 2. The molecule has 0 saturated heterocycles. The molecular formula is C21H22N2O2S. The maximum absolute atomic E-state index is 11.9. The van der Waals surface area contributed by atoms with E-state index in [0.717, 1.165) is 25.1 Å². The molecule has 2 aromatic rings. The first-order valence-corrected chi connectivity index (χ1v) is 10.1. The summed E-state index contributed by atoms with van der Waals surface area (Å²) in [6.07, 6.45) is 2.61. The van der Waals surface area contributed by atoms with Gasteiger partial charge in [-0.2, -0.15) is 4.72 Å². The highest BCUT2D eigenvalue weighted by Gasteiger charge is 2.14. The highest BCUT2D eigenvalue weighted by molar-refractivity contribution is 7.92. The van der Waals surface area contributed by atoms with Gasteiger partial charge in [0.15, 0.2) is 0 Å². The van der Waals surface area contributed by atoms with E-state index < -0.39 is 10.0 Å². The molecule has 0 unspecified atom stereocenters. The maximum atomic E-state index is 11.9. The minimum atomic E-state index is -3.47. The van der Waals surface area contributed by atoms with Crippen LogP contribution in [-0.4, -0.2) is 33.0 Å². The molecule has 1 N–H and O–H groups in total. The number of nitrogens with zero attached hydrogens (tertiary/aromatic N) is 1. The van der Waals surface area contributed by atoms with E-state index in [0.29, 0.717) is 6.54 Å². The number of fused-ring (bicyclic) bond motifs is 1. The minimum Gasteiger partial charge on any atom is -0.288 e. The Kier molecular flexibility index (Phi) is 6.24. The zero-order valence-corrected chi connectivity index (χ0v) is 15.4. The van der Waals surface area contributed by atoms with Gasteiger partial charge in [0.1, 0.15) is 0 Å². The third-order valence-corrected chi connectivity index (χ3v) is 5.28. The lowest BCUT2D eigenvalue weighted by Gasteiger charge is -2.26. The van der Waals surface area contributed by atoms with E-state index in [1.54, 1.807) is 6.08 Å². The van der Waals surface area contributed by atoms with Crippen molar-refractivity contribution in [3.05, 3.63) is 76.7 Å². The lowest BCUT2D eigenvalue weighted by Crippen LogP contribution is -2.30. The summed E-state index contributed by atoms with van der Waals surface area (Å²) in [7, 11) is -3.47. The fourth-order valence-electron chi connectivity index (χ4n) is 2.84. The molecule has 1 aliphatic rings. The molecule has 0 radical (unpaired) electrons. The van der Waals surface area contributed by atoms with E-state index in [9.17, 15) is 8.42 Å². The number of rotatable bonds is 5. The molecular weight excluding hydrogens is 344 g/mol. The summed E-state index contributed by atoms with van der Waals surface area (Å²) in [5, 5.41) is 1.17. The Hall–Kier alpha value is -2.39. The maximum Gasteiger partial charge on any atom is 0.234 e. The van der Waals surface area contributed by atoms with Gasteiger partial charge in [0.25, 0.3) is 0 Å². The van der Waals surface area contributed by atoms with E-state index in [1.165, 1.54) is 16.5 Å². The van der Waals surface area contributed by atoms with Crippen molar-refractivity contribution in [2.45, 2.75) is 13.0 Å². The van der Waals surface area contributed by atoms with Crippen LogP contribution in [0.4, 0.5) is 0 Å². The van der Waals surface area contributed by atoms with Crippen LogP contribution >= 0.6 is 0 Å². The largest absolute Gasteiger partial charge is 0.288 e. The van der Waals surface area contributed by atoms with Crippen molar-refractivity contribution in [2.75, 3.05) is 19.6 Å². The van der Waals surface area contributed by atoms with Gasteiger partial charge in [-0.25, -0.2) is 8.42 Å². The normalized spacial score (nSPS) is 14.6. The molecule has 0 aliphatic carbocycles. The van der Waals surface area contributed by atoms with Crippen molar-refractivity contribution in [3.63, 3.8) is 0 Å². The van der Waals surface area contributed by atoms with Crippen molar-refractivity contribution in [1.82, 2.24) is 9.62 Å². The summed E-state index contributed by atoms with van der Waals surface area (Å²) in [5.41, 5.74) is 3.61. The van der Waals surface area contributed by atoms with Crippen LogP contribution in [0, 0.1) is 11.8 Å². The summed E-state index contributed by atoms with van der Waals surface area (Å²) >= 11 is 0. The van der Waals surface area contributed by atoms with Crippen molar-refractivity contribution in [2.24, 2.45) is 0 Å². The van der Waals surface area contributed by atoms with Crippen LogP contribution in [0.25, 0.3) is 6.08 Å². The molecule has 0 fully saturated rings. The molecule has 0 amide bonds. The average Bonchev–Trinajstić information content (AvgIpc) is 2.67. The monoisotopic (exact) mass is 366 g/mol. The van der Waals surface area contributed by atoms with Crippen LogP contribution in [0.3, 0.4) is 0 Å². The van der Waals surface area contributed by atoms with Gasteiger partial charge in [0.05, 0.1) is 13.1 Å². The lowest BCUT2D eigenvalue weighted by molar-refractivity contribution is 0.286. The SMILES string of the molecule is O=S(=O)(C=Cc1ccccc1)NCC#CCN1CCc2ccccc2C1. The highest BCUT2D eigenvalue weighted by atomic mass is 32.2. The van der Waals surface area contributed by atoms with E-state index in [2.05, 4.69) is 45.7 Å². The molecule has 26 heavy (non-hydrogen) atoms. The Morgan fingerprint density at radius 2 is 1.73 bits per heavy atom. The second-order valence-corrected chi connectivity index (χ2v) is 7.81. The molecule has 4 nitrogen and oxygen atoms in total. The zero-order valence-electron chi connectivity index (χ0n) is 14.6. The van der Waals surface area contributed by atoms with Crippen molar-refractivity contribution in [3.8, 4) is 11.8 Å². The van der Waals surface area contributed by atoms with E-state index in [4.69, 9.17) is 0 Å². The zero-order chi connectivity index (χ0) is 18.2. The van der Waals surface area contributed by atoms with Crippen molar-refractivity contribution < 1.29 is 8.42 Å². The molecule has 0 spiro atoms. The van der Waals surface area contributed by atoms with Crippen molar-refractivity contribution in [1.29, 1.82) is 0 Å². The van der Waals surface area contributed by atoms with Gasteiger partial charge in [-0.05, 0) is 29.2 Å². The third kappa shape index (κ3) is 5.57. The number of sulfonamides is 1. The Labute approximate surface area is 155 Å². The first-order chi connectivity index (χ1) is 12.6. The number of hydrogen-bond donors (Lipinski definition) is 1. The Bertz CT molecular complexity index is 925. The second kappa shape index (κ2) is 8.81. The van der Waals surface area contributed by atoms with Crippen LogP contribution in [-0.2, 0) is 23.0 Å². The predicted octanol–water partition coefficient (Wildman–Crippen LogP) is 2.64. The number of hydrogen-bond acceptors (Lipinski definition) is 3. The summed E-state index contributed by atoms with van der Waals surface area (Å²) in [4.78, 5) is 2.28. The molecule has 0 saturated carbocycles. The standard InChI is InChI=1S/C21H22N2O2S/c24-26(25,17-13-19-8-2-1-3-9-19)22-14-6-7-15-23-16-12-20-10-4-5-11-21(20)18-23/h1-5,8-11,13,17,22H,12,14-16,18H2. The van der Waals surface area contributed by atoms with Gasteiger partial charge >= 0.3 is 0 Å². The van der Waals surface area contributed by atoms with Crippen LogP contribution in [0.15, 0.2) is 60.0 Å². The minimum absolute atomic E-state index is 0.117. The fourth-order valence-corrected chi connectivity index (χ4v) is 3.54. The predicted molar refractivity (Wildman–Crippen MR) is 106 cm³/mol. The van der Waals surface area contributed by atoms with Crippen LogP contribution in [0.2, 0.25) is 0 Å². The first-order valence-electron chi connectivity index (χ1n) is 8.60. The van der Waals surface area contributed by atoms with Crippen LogP contribution < -0.4 is 4.72 Å². The lowest BCUT2D eigenvalue weighted by atomic mass is 10.0. The highest BCUT2D eigenvalue weighted by Crippen LogP contribution is 2.17. The topological polar surface area (TPSA) is 49.4 Å². The molecule has 0 bridgehead atoms. The first kappa shape index (κ1) is 18.4. The summed E-state index contributed by atoms with van der Waals surface area (Å²) in [6, 6.07) is 17.8. The summed E-state index contributed by atoms with van der Waals surface area (Å²) in [5.74, 6) is 5.95. The van der Waals surface area contributed by atoms with Gasteiger partial charge in [-0.1, -0.05) is 66.4 Å². The molecule has 134 valence electrons. The quantitative estimate of drug-likeness (QED) is 0.828. The molecule has 1 aliphatic heterocycles. The Morgan fingerprint density at radius 1 is 1.00 bits per heavy atom. The van der Waals surface area contributed by atoms with Gasteiger partial charge in [0, 0.05) is 18.5 Å². The van der Waals surface area contributed by atoms with Crippen LogP contribution in [0.5, 0.6) is 0 Å². The van der Waals surface area contributed by atoms with Gasteiger partial charge in [0.2, 0.25) is 10.0 Å². The van der Waals surface area contributed by atoms with Gasteiger partial charge in [-0.15, -0.1) is 0 Å². The van der Waals surface area contributed by atoms with Gasteiger partial charge in [-0.3, -0.25) is 4.90 Å². The van der Waals surface area contributed by atoms with E-state index in [1.807, 2.05) is 30.3 Å². The van der Waals surface area contributed by atoms with Gasteiger partial charge < -0.3 is 0 Å². The van der Waals surface area contributed by atoms with E-state index in [-0.39, 0.29) is 6.54 Å². The fraction of sp³-hybridized carbons (Fsp3) is 0.238. The Morgan fingerprint density at radius 3 is 2.54 bits per heavy atom. The summed E-state index contributed by atoms with van der Waals surface area (Å²) < 4.78 is 26.3. The molecule has 5 heteroatoms. The third-order valence-electron chi connectivity index (χ3n) is 4.24. The molecule has 0 aromatic heterocycles. The molecule has 2 aromatic carbocycles. The van der Waals surface area contributed by atoms with Crippen LogP contribution in [0.1, 0.15) is 16.7 Å². The molecule has 3 rings (SSSR count). The number of nitrogens with one attached hydrogen (secondary N) is 1. The smallest absolute Gasteiger partial charge is 0.234 e. The molecule has 0 atom stereocenters. The average molecular weight is 366 g/mol. The summed E-state index contributed by atoms with van der Waals surface area (Å²) in [6.45, 7) is 2.65. The molecule has 1 heterocycles.